The third-order valence-corrected chi connectivity index (χ3v) is 2.72. The molecular formula is C9H14N2O2. The first kappa shape index (κ1) is 8.53. The summed E-state index contributed by atoms with van der Waals surface area (Å²) in [5.74, 6) is 0.104. The zero-order valence-electron chi connectivity index (χ0n) is 7.75. The number of carbonyl (C=O) groups excluding carboxylic acids is 2. The molecule has 4 nitrogen and oxygen atoms in total. The summed E-state index contributed by atoms with van der Waals surface area (Å²) in [6.07, 6.45) is 3.37. The molecule has 1 atom stereocenters. The fraction of sp³-hybridized carbons (Fsp3) is 0.778. The number of rotatable bonds is 2. The minimum Gasteiger partial charge on any atom is -0.352 e. The Balaban J connectivity index is 1.91. The fourth-order valence-corrected chi connectivity index (χ4v) is 1.64. The van der Waals surface area contributed by atoms with Crippen molar-refractivity contribution < 1.29 is 9.59 Å². The lowest BCUT2D eigenvalue weighted by Gasteiger charge is -2.18. The highest BCUT2D eigenvalue weighted by atomic mass is 16.2. The molecular weight excluding hydrogens is 168 g/mol. The van der Waals surface area contributed by atoms with Gasteiger partial charge in [-0.3, -0.25) is 9.59 Å². The molecule has 1 N–H and O–H groups in total. The molecule has 2 aliphatic rings. The molecule has 4 heteroatoms. The lowest BCUT2D eigenvalue weighted by atomic mass is 10.2. The molecule has 2 amide bonds. The zero-order valence-corrected chi connectivity index (χ0v) is 7.75. The van der Waals surface area contributed by atoms with Crippen LogP contribution >= 0.6 is 0 Å². The van der Waals surface area contributed by atoms with Gasteiger partial charge in [0.25, 0.3) is 0 Å². The van der Waals surface area contributed by atoms with Gasteiger partial charge in [0.05, 0.1) is 0 Å². The Morgan fingerprint density at radius 2 is 2.15 bits per heavy atom. The average Bonchev–Trinajstić information content (AvgIpc) is 2.82. The number of nitrogens with zero attached hydrogens (tertiary/aromatic N) is 1. The molecule has 2 rings (SSSR count). The molecule has 1 aliphatic heterocycles. The van der Waals surface area contributed by atoms with Gasteiger partial charge in [-0.1, -0.05) is 0 Å². The van der Waals surface area contributed by atoms with Gasteiger partial charge < -0.3 is 10.2 Å². The van der Waals surface area contributed by atoms with E-state index in [1.807, 2.05) is 0 Å². The molecule has 0 aromatic carbocycles. The van der Waals surface area contributed by atoms with Gasteiger partial charge in [0.15, 0.2) is 0 Å². The van der Waals surface area contributed by atoms with Crippen LogP contribution in [0.15, 0.2) is 0 Å². The second kappa shape index (κ2) is 3.01. The maximum Gasteiger partial charge on any atom is 0.243 e. The zero-order chi connectivity index (χ0) is 9.42. The number of hydrogen-bond acceptors (Lipinski definition) is 2. The standard InChI is InChI=1S/C9H14N2O2/c1-11-7(4-5-8(11)12)9(13)10-6-2-3-6/h6-7H,2-5H2,1H3,(H,10,13). The largest absolute Gasteiger partial charge is 0.352 e. The van der Waals surface area contributed by atoms with Gasteiger partial charge in [0, 0.05) is 19.5 Å². The monoisotopic (exact) mass is 182 g/mol. The molecule has 0 aromatic rings. The minimum atomic E-state index is -0.215. The highest BCUT2D eigenvalue weighted by Gasteiger charge is 2.35. The first-order chi connectivity index (χ1) is 6.18. The summed E-state index contributed by atoms with van der Waals surface area (Å²) in [5, 5.41) is 2.91. The molecule has 1 saturated heterocycles. The van der Waals surface area contributed by atoms with Gasteiger partial charge in [-0.25, -0.2) is 0 Å². The lowest BCUT2D eigenvalue weighted by Crippen LogP contribution is -2.43. The minimum absolute atomic E-state index is 0.0239. The van der Waals surface area contributed by atoms with E-state index in [1.165, 1.54) is 0 Å². The number of amides is 2. The first-order valence-corrected chi connectivity index (χ1v) is 4.74. The van der Waals surface area contributed by atoms with E-state index in [-0.39, 0.29) is 17.9 Å². The first-order valence-electron chi connectivity index (χ1n) is 4.74. The summed E-state index contributed by atoms with van der Waals surface area (Å²) in [5.41, 5.74) is 0. The Labute approximate surface area is 77.3 Å². The molecule has 13 heavy (non-hydrogen) atoms. The van der Waals surface area contributed by atoms with E-state index in [4.69, 9.17) is 0 Å². The molecule has 72 valence electrons. The topological polar surface area (TPSA) is 49.4 Å². The molecule has 2 fully saturated rings. The Morgan fingerprint density at radius 1 is 1.46 bits per heavy atom. The molecule has 0 bridgehead atoms. The van der Waals surface area contributed by atoms with Crippen molar-refractivity contribution >= 4 is 11.8 Å². The van der Waals surface area contributed by atoms with Crippen molar-refractivity contribution in [3.63, 3.8) is 0 Å². The van der Waals surface area contributed by atoms with Crippen LogP contribution in [0.1, 0.15) is 25.7 Å². The highest BCUT2D eigenvalue weighted by molar-refractivity contribution is 5.90. The second-order valence-corrected chi connectivity index (χ2v) is 3.84. The Bertz CT molecular complexity index is 248. The van der Waals surface area contributed by atoms with Crippen LogP contribution in [0.4, 0.5) is 0 Å². The second-order valence-electron chi connectivity index (χ2n) is 3.84. The van der Waals surface area contributed by atoms with Gasteiger partial charge in [-0.05, 0) is 19.3 Å². The smallest absolute Gasteiger partial charge is 0.243 e. The van der Waals surface area contributed by atoms with Gasteiger partial charge >= 0.3 is 0 Å². The summed E-state index contributed by atoms with van der Waals surface area (Å²) < 4.78 is 0. The van der Waals surface area contributed by atoms with Crippen LogP contribution in [0.25, 0.3) is 0 Å². The van der Waals surface area contributed by atoms with Crippen molar-refractivity contribution in [3.8, 4) is 0 Å². The quantitative estimate of drug-likeness (QED) is 0.647. The number of nitrogens with one attached hydrogen (secondary N) is 1. The third kappa shape index (κ3) is 1.66. The van der Waals surface area contributed by atoms with Crippen molar-refractivity contribution in [1.82, 2.24) is 10.2 Å². The van der Waals surface area contributed by atoms with Gasteiger partial charge in [0.2, 0.25) is 11.8 Å². The summed E-state index contributed by atoms with van der Waals surface area (Å²) in [6.45, 7) is 0. The predicted octanol–water partition coefficient (Wildman–Crippen LogP) is -0.114. The summed E-state index contributed by atoms with van der Waals surface area (Å²) >= 11 is 0. The van der Waals surface area contributed by atoms with Crippen molar-refractivity contribution in [1.29, 1.82) is 0 Å². The van der Waals surface area contributed by atoms with Gasteiger partial charge in [0.1, 0.15) is 6.04 Å². The van der Waals surface area contributed by atoms with Gasteiger partial charge in [-0.2, -0.15) is 0 Å². The van der Waals surface area contributed by atoms with Crippen molar-refractivity contribution in [2.75, 3.05) is 7.05 Å². The van der Waals surface area contributed by atoms with Crippen molar-refractivity contribution in [3.05, 3.63) is 0 Å². The van der Waals surface area contributed by atoms with Crippen LogP contribution in [-0.2, 0) is 9.59 Å². The van der Waals surface area contributed by atoms with Crippen LogP contribution in [0.2, 0.25) is 0 Å². The molecule has 0 radical (unpaired) electrons. The Morgan fingerprint density at radius 3 is 2.62 bits per heavy atom. The van der Waals surface area contributed by atoms with E-state index in [2.05, 4.69) is 5.32 Å². The third-order valence-electron chi connectivity index (χ3n) is 2.72. The molecule has 0 spiro atoms. The fourth-order valence-electron chi connectivity index (χ4n) is 1.64. The van der Waals surface area contributed by atoms with E-state index in [0.29, 0.717) is 18.9 Å². The van der Waals surface area contributed by atoms with Crippen LogP contribution in [0.5, 0.6) is 0 Å². The van der Waals surface area contributed by atoms with Crippen LogP contribution in [0.3, 0.4) is 0 Å². The number of hydrogen-bond donors (Lipinski definition) is 1. The SMILES string of the molecule is CN1C(=O)CCC1C(=O)NC1CC1. The number of likely N-dealkylation sites (N-methyl/N-ethyl adjacent to an activating group) is 1. The summed E-state index contributed by atoms with van der Waals surface area (Å²) in [6, 6.07) is 0.171. The maximum atomic E-state index is 11.5. The van der Waals surface area contributed by atoms with E-state index >= 15 is 0 Å². The van der Waals surface area contributed by atoms with E-state index in [1.54, 1.807) is 11.9 Å². The van der Waals surface area contributed by atoms with E-state index in [9.17, 15) is 9.59 Å². The summed E-state index contributed by atoms with van der Waals surface area (Å²) in [7, 11) is 1.70. The predicted molar refractivity (Wildman–Crippen MR) is 47.0 cm³/mol. The molecule has 1 heterocycles. The van der Waals surface area contributed by atoms with E-state index < -0.39 is 0 Å². The van der Waals surface area contributed by atoms with Gasteiger partial charge in [-0.15, -0.1) is 0 Å². The molecule has 1 aliphatic carbocycles. The van der Waals surface area contributed by atoms with Crippen LogP contribution in [0, 0.1) is 0 Å². The van der Waals surface area contributed by atoms with Crippen LogP contribution < -0.4 is 5.32 Å². The lowest BCUT2D eigenvalue weighted by molar-refractivity contribution is -0.133. The summed E-state index contributed by atoms with van der Waals surface area (Å²) in [4.78, 5) is 24.2. The van der Waals surface area contributed by atoms with E-state index in [0.717, 1.165) is 12.8 Å². The normalized spacial score (nSPS) is 27.9. The molecule has 1 unspecified atom stereocenters. The number of carbonyl (C=O) groups is 2. The van der Waals surface area contributed by atoms with Crippen LogP contribution in [-0.4, -0.2) is 35.8 Å². The number of likely N-dealkylation sites (tertiary alicyclic amines) is 1. The Hall–Kier alpha value is -1.06. The average molecular weight is 182 g/mol. The van der Waals surface area contributed by atoms with Crippen molar-refractivity contribution in [2.45, 2.75) is 37.8 Å². The maximum absolute atomic E-state index is 11.5. The molecule has 0 aromatic heterocycles. The molecule has 1 saturated carbocycles. The highest BCUT2D eigenvalue weighted by Crippen LogP contribution is 2.21. The van der Waals surface area contributed by atoms with Crippen molar-refractivity contribution in [2.24, 2.45) is 0 Å². The Kier molecular flexibility index (Phi) is 1.98.